The first kappa shape index (κ1) is 13.2. The van der Waals surface area contributed by atoms with Gasteiger partial charge in [0.1, 0.15) is 21.6 Å². The molecule has 0 radical (unpaired) electrons. The fourth-order valence-corrected chi connectivity index (χ4v) is 2.47. The molecule has 0 bridgehead atoms. The average Bonchev–Trinajstić information content (AvgIpc) is 2.93. The first-order valence-electron chi connectivity index (χ1n) is 5.55. The highest BCUT2D eigenvalue weighted by Gasteiger charge is 2.16. The van der Waals surface area contributed by atoms with E-state index in [1.165, 1.54) is 18.4 Å². The molecule has 2 rings (SSSR count). The van der Waals surface area contributed by atoms with Gasteiger partial charge >= 0.3 is 0 Å². The molecule has 0 aliphatic heterocycles. The van der Waals surface area contributed by atoms with Crippen LogP contribution in [0.5, 0.6) is 5.75 Å². The van der Waals surface area contributed by atoms with Crippen molar-refractivity contribution in [1.29, 1.82) is 5.26 Å². The Bertz CT molecular complexity index is 613. The van der Waals surface area contributed by atoms with Gasteiger partial charge in [-0.25, -0.2) is 0 Å². The van der Waals surface area contributed by atoms with Gasteiger partial charge in [-0.2, -0.15) is 10.2 Å². The predicted octanol–water partition coefficient (Wildman–Crippen LogP) is 1.56. The largest absolute Gasteiger partial charge is 0.492 e. The maximum atomic E-state index is 8.92. The van der Waals surface area contributed by atoms with E-state index in [-0.39, 0.29) is 0 Å². The van der Waals surface area contributed by atoms with Crippen LogP contribution in [0, 0.1) is 18.3 Å². The van der Waals surface area contributed by atoms with Crippen molar-refractivity contribution < 1.29 is 9.26 Å². The molecule has 2 aromatic rings. The Balaban J connectivity index is 2.01. The summed E-state index contributed by atoms with van der Waals surface area (Å²) in [6.45, 7) is 2.35. The summed E-state index contributed by atoms with van der Waals surface area (Å²) in [7, 11) is 1.52. The Morgan fingerprint density at radius 2 is 2.37 bits per heavy atom. The predicted molar refractivity (Wildman–Crippen MR) is 71.2 cm³/mol. The summed E-state index contributed by atoms with van der Waals surface area (Å²) in [5.74, 6) is 1.68. The SMILES string of the molecule is COc1c(NCCc2nc(C)no2)sc(C#N)c1N. The van der Waals surface area contributed by atoms with Crippen LogP contribution >= 0.6 is 11.3 Å². The van der Waals surface area contributed by atoms with Crippen molar-refractivity contribution in [3.05, 3.63) is 16.6 Å². The van der Waals surface area contributed by atoms with Crippen LogP contribution in [0.4, 0.5) is 10.7 Å². The van der Waals surface area contributed by atoms with Gasteiger partial charge in [-0.1, -0.05) is 5.16 Å². The molecule has 8 heteroatoms. The van der Waals surface area contributed by atoms with E-state index in [0.29, 0.717) is 41.0 Å². The minimum atomic E-state index is 0.367. The zero-order valence-corrected chi connectivity index (χ0v) is 11.4. The number of anilines is 2. The second-order valence-electron chi connectivity index (χ2n) is 3.73. The lowest BCUT2D eigenvalue weighted by Crippen LogP contribution is -2.05. The molecule has 0 aliphatic rings. The zero-order chi connectivity index (χ0) is 13.8. The highest BCUT2D eigenvalue weighted by atomic mass is 32.1. The summed E-state index contributed by atoms with van der Waals surface area (Å²) in [6, 6.07) is 2.03. The van der Waals surface area contributed by atoms with E-state index in [2.05, 4.69) is 15.5 Å². The topological polar surface area (TPSA) is 110 Å². The van der Waals surface area contributed by atoms with Gasteiger partial charge in [-0.15, -0.1) is 11.3 Å². The Hall–Kier alpha value is -2.27. The van der Waals surface area contributed by atoms with Crippen molar-refractivity contribution in [3.8, 4) is 11.8 Å². The summed E-state index contributed by atoms with van der Waals surface area (Å²) in [5, 5.41) is 16.5. The molecule has 0 aromatic carbocycles. The number of rotatable bonds is 5. The van der Waals surface area contributed by atoms with Crippen molar-refractivity contribution in [2.75, 3.05) is 24.7 Å². The molecule has 0 saturated carbocycles. The van der Waals surface area contributed by atoms with Crippen LogP contribution in [0.25, 0.3) is 0 Å². The number of nitriles is 1. The molecule has 100 valence electrons. The number of hydrogen-bond donors (Lipinski definition) is 2. The quantitative estimate of drug-likeness (QED) is 0.854. The molecule has 0 unspecified atom stereocenters. The van der Waals surface area contributed by atoms with E-state index < -0.39 is 0 Å². The molecule has 0 spiro atoms. The Morgan fingerprint density at radius 3 is 2.95 bits per heavy atom. The van der Waals surface area contributed by atoms with Crippen LogP contribution in [-0.2, 0) is 6.42 Å². The second kappa shape index (κ2) is 5.58. The molecular weight excluding hydrogens is 266 g/mol. The number of aryl methyl sites for hydroxylation is 1. The fraction of sp³-hybridized carbons (Fsp3) is 0.364. The third-order valence-corrected chi connectivity index (χ3v) is 3.45. The van der Waals surface area contributed by atoms with Crippen molar-refractivity contribution in [2.24, 2.45) is 0 Å². The highest BCUT2D eigenvalue weighted by molar-refractivity contribution is 7.17. The van der Waals surface area contributed by atoms with E-state index in [9.17, 15) is 0 Å². The third kappa shape index (κ3) is 2.77. The van der Waals surface area contributed by atoms with Crippen LogP contribution in [0.3, 0.4) is 0 Å². The number of nitrogens with one attached hydrogen (secondary N) is 1. The van der Waals surface area contributed by atoms with Gasteiger partial charge in [-0.3, -0.25) is 0 Å². The number of aromatic nitrogens is 2. The summed E-state index contributed by atoms with van der Waals surface area (Å²) in [5.41, 5.74) is 6.16. The number of ether oxygens (including phenoxy) is 1. The van der Waals surface area contributed by atoms with Gasteiger partial charge in [0.05, 0.1) is 7.11 Å². The molecule has 0 amide bonds. The molecule has 2 aromatic heterocycles. The van der Waals surface area contributed by atoms with Crippen LogP contribution in [0.1, 0.15) is 16.6 Å². The maximum absolute atomic E-state index is 8.92. The van der Waals surface area contributed by atoms with Crippen LogP contribution in [-0.4, -0.2) is 23.8 Å². The number of hydrogen-bond acceptors (Lipinski definition) is 8. The minimum absolute atomic E-state index is 0.367. The van der Waals surface area contributed by atoms with Crippen molar-refractivity contribution in [2.45, 2.75) is 13.3 Å². The minimum Gasteiger partial charge on any atom is -0.492 e. The monoisotopic (exact) mass is 279 g/mol. The lowest BCUT2D eigenvalue weighted by molar-refractivity contribution is 0.377. The molecule has 7 nitrogen and oxygen atoms in total. The zero-order valence-electron chi connectivity index (χ0n) is 10.6. The molecule has 0 fully saturated rings. The number of nitrogens with two attached hydrogens (primary N) is 1. The molecular formula is C11H13N5O2S. The molecule has 0 aliphatic carbocycles. The van der Waals surface area contributed by atoms with Gasteiger partial charge in [0.2, 0.25) is 5.89 Å². The van der Waals surface area contributed by atoms with Crippen molar-refractivity contribution in [3.63, 3.8) is 0 Å². The molecule has 2 heterocycles. The molecule has 0 saturated heterocycles. The van der Waals surface area contributed by atoms with Crippen LogP contribution in [0.2, 0.25) is 0 Å². The summed E-state index contributed by atoms with van der Waals surface area (Å²) in [4.78, 5) is 4.54. The van der Waals surface area contributed by atoms with Crippen molar-refractivity contribution >= 4 is 22.0 Å². The molecule has 0 atom stereocenters. The van der Waals surface area contributed by atoms with E-state index in [4.69, 9.17) is 20.3 Å². The van der Waals surface area contributed by atoms with Crippen molar-refractivity contribution in [1.82, 2.24) is 10.1 Å². The third-order valence-electron chi connectivity index (χ3n) is 2.40. The van der Waals surface area contributed by atoms with E-state index in [1.807, 2.05) is 6.07 Å². The van der Waals surface area contributed by atoms with E-state index in [0.717, 1.165) is 5.00 Å². The summed E-state index contributed by atoms with van der Waals surface area (Å²) in [6.07, 6.45) is 0.587. The molecule has 3 N–H and O–H groups in total. The second-order valence-corrected chi connectivity index (χ2v) is 4.75. The number of thiophene rings is 1. The van der Waals surface area contributed by atoms with Crippen LogP contribution < -0.4 is 15.8 Å². The number of nitrogen functional groups attached to an aromatic ring is 1. The first-order chi connectivity index (χ1) is 9.15. The van der Waals surface area contributed by atoms with E-state index in [1.54, 1.807) is 6.92 Å². The van der Waals surface area contributed by atoms with E-state index >= 15 is 0 Å². The Morgan fingerprint density at radius 1 is 1.58 bits per heavy atom. The lowest BCUT2D eigenvalue weighted by atomic mass is 10.3. The molecule has 19 heavy (non-hydrogen) atoms. The lowest BCUT2D eigenvalue weighted by Gasteiger charge is -2.05. The first-order valence-corrected chi connectivity index (χ1v) is 6.36. The average molecular weight is 279 g/mol. The van der Waals surface area contributed by atoms with Crippen LogP contribution in [0.15, 0.2) is 4.52 Å². The summed E-state index contributed by atoms with van der Waals surface area (Å²) >= 11 is 1.26. The Kier molecular flexibility index (Phi) is 3.87. The summed E-state index contributed by atoms with van der Waals surface area (Å²) < 4.78 is 10.2. The van der Waals surface area contributed by atoms with Gasteiger partial charge in [0.15, 0.2) is 11.6 Å². The van der Waals surface area contributed by atoms with Gasteiger partial charge in [0, 0.05) is 13.0 Å². The van der Waals surface area contributed by atoms with Gasteiger partial charge < -0.3 is 20.3 Å². The standard InChI is InChI=1S/C11H13N5O2S/c1-6-15-8(18-16-6)3-4-14-11-10(17-2)9(13)7(5-12)19-11/h14H,3-4,13H2,1-2H3. The van der Waals surface area contributed by atoms with Gasteiger partial charge in [-0.05, 0) is 6.92 Å². The Labute approximate surface area is 114 Å². The maximum Gasteiger partial charge on any atom is 0.228 e. The highest BCUT2D eigenvalue weighted by Crippen LogP contribution is 2.41. The number of methoxy groups -OCH3 is 1. The van der Waals surface area contributed by atoms with Gasteiger partial charge in [0.25, 0.3) is 0 Å². The smallest absolute Gasteiger partial charge is 0.228 e. The number of nitrogens with zero attached hydrogens (tertiary/aromatic N) is 3. The fourth-order valence-electron chi connectivity index (χ4n) is 1.56. The normalized spacial score (nSPS) is 10.2.